The Bertz CT molecular complexity index is 327. The van der Waals surface area contributed by atoms with Crippen molar-refractivity contribution in [2.24, 2.45) is 17.3 Å². The molecule has 0 amide bonds. The van der Waals surface area contributed by atoms with Crippen LogP contribution >= 0.6 is 12.2 Å². The summed E-state index contributed by atoms with van der Waals surface area (Å²) in [5.41, 5.74) is 0.277. The molecule has 3 N–H and O–H groups in total. The highest BCUT2D eigenvalue weighted by Crippen LogP contribution is 2.44. The highest BCUT2D eigenvalue weighted by Gasteiger charge is 2.39. The van der Waals surface area contributed by atoms with Crippen molar-refractivity contribution in [3.05, 3.63) is 0 Å². The van der Waals surface area contributed by atoms with E-state index >= 15 is 0 Å². The zero-order valence-electron chi connectivity index (χ0n) is 12.9. The molecule has 0 saturated heterocycles. The Morgan fingerprint density at radius 3 is 2.53 bits per heavy atom. The number of hydrogen-bond acceptors (Lipinski definition) is 1. The molecule has 4 heteroatoms. The Balaban J connectivity index is 1.70. The quantitative estimate of drug-likeness (QED) is 0.653. The molecule has 0 aromatic heterocycles. The summed E-state index contributed by atoms with van der Waals surface area (Å²) in [5.74, 6) is 1.85. The Labute approximate surface area is 123 Å². The van der Waals surface area contributed by atoms with Crippen LogP contribution < -0.4 is 15.5 Å². The summed E-state index contributed by atoms with van der Waals surface area (Å²) in [6.07, 6.45) is 5.61. The van der Waals surface area contributed by atoms with Gasteiger partial charge in [-0.05, 0) is 43.3 Å². The molecule has 0 aliphatic heterocycles. The fourth-order valence-electron chi connectivity index (χ4n) is 3.98. The van der Waals surface area contributed by atoms with Gasteiger partial charge in [-0.1, -0.05) is 20.3 Å². The van der Waals surface area contributed by atoms with Crippen molar-refractivity contribution in [2.75, 3.05) is 27.2 Å². The van der Waals surface area contributed by atoms with E-state index < -0.39 is 0 Å². The fraction of sp³-hybridized carbons (Fsp3) is 0.933. The first-order valence-electron chi connectivity index (χ1n) is 7.69. The molecule has 2 bridgehead atoms. The topological polar surface area (TPSA) is 28.5 Å². The smallest absolute Gasteiger partial charge is 0.166 e. The van der Waals surface area contributed by atoms with Crippen molar-refractivity contribution in [1.29, 1.82) is 0 Å². The van der Waals surface area contributed by atoms with E-state index in [4.69, 9.17) is 12.2 Å². The second kappa shape index (κ2) is 5.96. The zero-order valence-corrected chi connectivity index (χ0v) is 13.7. The molecule has 0 aromatic rings. The molecule has 19 heavy (non-hydrogen) atoms. The van der Waals surface area contributed by atoms with Crippen LogP contribution in [0.4, 0.5) is 0 Å². The first kappa shape index (κ1) is 15.0. The Morgan fingerprint density at radius 2 is 2.00 bits per heavy atom. The van der Waals surface area contributed by atoms with Crippen LogP contribution in [0, 0.1) is 17.3 Å². The third kappa shape index (κ3) is 4.32. The minimum absolute atomic E-state index is 0.277. The van der Waals surface area contributed by atoms with Crippen LogP contribution in [0.3, 0.4) is 0 Å². The summed E-state index contributed by atoms with van der Waals surface area (Å²) >= 11 is 5.46. The van der Waals surface area contributed by atoms with Gasteiger partial charge in [0.15, 0.2) is 5.11 Å². The molecule has 0 unspecified atom stereocenters. The lowest BCUT2D eigenvalue weighted by molar-refractivity contribution is -0.865. The largest absolute Gasteiger partial charge is 0.362 e. The third-order valence-electron chi connectivity index (χ3n) is 4.61. The van der Waals surface area contributed by atoms with Gasteiger partial charge in [-0.25, -0.2) is 0 Å². The van der Waals surface area contributed by atoms with E-state index in [9.17, 15) is 0 Å². The summed E-state index contributed by atoms with van der Waals surface area (Å²) in [5, 5.41) is 7.83. The van der Waals surface area contributed by atoms with Crippen LogP contribution in [0.2, 0.25) is 0 Å². The summed E-state index contributed by atoms with van der Waals surface area (Å²) in [6.45, 7) is 6.70. The van der Waals surface area contributed by atoms with Crippen LogP contribution in [0.1, 0.15) is 39.5 Å². The van der Waals surface area contributed by atoms with Gasteiger partial charge < -0.3 is 15.5 Å². The number of thiocarbonyl (C=S) groups is 1. The second-order valence-corrected chi connectivity index (χ2v) is 8.06. The number of rotatable bonds is 5. The van der Waals surface area contributed by atoms with Crippen LogP contribution in [0.5, 0.6) is 0 Å². The average molecular weight is 284 g/mol. The van der Waals surface area contributed by atoms with E-state index in [0.29, 0.717) is 6.04 Å². The lowest BCUT2D eigenvalue weighted by Crippen LogP contribution is -3.07. The minimum Gasteiger partial charge on any atom is -0.362 e. The van der Waals surface area contributed by atoms with Gasteiger partial charge >= 0.3 is 0 Å². The van der Waals surface area contributed by atoms with E-state index in [1.165, 1.54) is 30.6 Å². The van der Waals surface area contributed by atoms with Crippen molar-refractivity contribution in [1.82, 2.24) is 10.6 Å². The molecule has 2 fully saturated rings. The lowest BCUT2D eigenvalue weighted by Gasteiger charge is -2.29. The maximum absolute atomic E-state index is 5.46. The van der Waals surface area contributed by atoms with Crippen molar-refractivity contribution >= 4 is 17.3 Å². The molecular formula is C15H30N3S+. The Morgan fingerprint density at radius 1 is 1.26 bits per heavy atom. The van der Waals surface area contributed by atoms with Crippen LogP contribution in [0.25, 0.3) is 0 Å². The van der Waals surface area contributed by atoms with Crippen LogP contribution in [-0.2, 0) is 0 Å². The molecule has 110 valence electrons. The predicted octanol–water partition coefficient (Wildman–Crippen LogP) is 0.810. The van der Waals surface area contributed by atoms with Gasteiger partial charge in [0.25, 0.3) is 0 Å². The van der Waals surface area contributed by atoms with Gasteiger partial charge in [-0.3, -0.25) is 0 Å². The highest BCUT2D eigenvalue weighted by molar-refractivity contribution is 7.80. The monoisotopic (exact) mass is 284 g/mol. The number of hydrogen-bond donors (Lipinski definition) is 3. The third-order valence-corrected chi connectivity index (χ3v) is 4.88. The summed E-state index contributed by atoms with van der Waals surface area (Å²) in [4.78, 5) is 1.48. The Hall–Kier alpha value is -0.350. The zero-order chi connectivity index (χ0) is 14.0. The molecule has 2 aliphatic carbocycles. The summed E-state index contributed by atoms with van der Waals surface area (Å²) in [6, 6.07) is 0.640. The predicted molar refractivity (Wildman–Crippen MR) is 84.4 cm³/mol. The summed E-state index contributed by atoms with van der Waals surface area (Å²) < 4.78 is 0. The van der Waals surface area contributed by atoms with Crippen molar-refractivity contribution < 1.29 is 4.90 Å². The van der Waals surface area contributed by atoms with E-state index in [2.05, 4.69) is 38.6 Å². The fourth-order valence-corrected chi connectivity index (χ4v) is 4.20. The van der Waals surface area contributed by atoms with Gasteiger partial charge in [0.05, 0.1) is 20.6 Å². The van der Waals surface area contributed by atoms with Crippen LogP contribution in [-0.4, -0.2) is 38.3 Å². The Kier molecular flexibility index (Phi) is 4.72. The standard InChI is InChI=1S/C15H29N3S/c1-15(2,10-18(3)4)9-16-14(19)17-13-8-11-5-6-12(13)7-11/h11-13H,5-10H2,1-4H3,(H2,16,17,19)/p+1/t11-,12+,13+/m0/s1. The molecule has 0 radical (unpaired) electrons. The number of fused-ring (bicyclic) bond motifs is 2. The van der Waals surface area contributed by atoms with Gasteiger partial charge in [-0.15, -0.1) is 0 Å². The summed E-state index contributed by atoms with van der Waals surface area (Å²) in [7, 11) is 4.40. The number of quaternary nitrogens is 1. The van der Waals surface area contributed by atoms with Crippen molar-refractivity contribution in [2.45, 2.75) is 45.6 Å². The maximum atomic E-state index is 5.46. The molecule has 3 atom stereocenters. The van der Waals surface area contributed by atoms with E-state index in [-0.39, 0.29) is 5.41 Å². The molecule has 2 rings (SSSR count). The normalized spacial score (nSPS) is 29.8. The lowest BCUT2D eigenvalue weighted by atomic mass is 9.93. The molecule has 0 spiro atoms. The second-order valence-electron chi connectivity index (χ2n) is 7.66. The molecule has 2 saturated carbocycles. The highest BCUT2D eigenvalue weighted by atomic mass is 32.1. The van der Waals surface area contributed by atoms with Gasteiger partial charge in [0, 0.05) is 18.0 Å². The first-order valence-corrected chi connectivity index (χ1v) is 8.10. The van der Waals surface area contributed by atoms with Crippen LogP contribution in [0.15, 0.2) is 0 Å². The molecule has 0 aromatic carbocycles. The minimum atomic E-state index is 0.277. The molecule has 3 nitrogen and oxygen atoms in total. The van der Waals surface area contributed by atoms with Crippen molar-refractivity contribution in [3.8, 4) is 0 Å². The van der Waals surface area contributed by atoms with E-state index in [1.54, 1.807) is 0 Å². The molecule has 2 aliphatic rings. The molecular weight excluding hydrogens is 254 g/mol. The van der Waals surface area contributed by atoms with Gasteiger partial charge in [0.2, 0.25) is 0 Å². The average Bonchev–Trinajstić information content (AvgIpc) is 2.86. The SMILES string of the molecule is C[NH+](C)CC(C)(C)CNC(=S)N[C@@H]1C[C@H]2CC[C@@H]1C2. The van der Waals surface area contributed by atoms with Gasteiger partial charge in [0.1, 0.15) is 0 Å². The van der Waals surface area contributed by atoms with E-state index in [0.717, 1.165) is 30.0 Å². The number of nitrogens with one attached hydrogen (secondary N) is 3. The van der Waals surface area contributed by atoms with E-state index in [1.807, 2.05) is 0 Å². The maximum Gasteiger partial charge on any atom is 0.166 e. The van der Waals surface area contributed by atoms with Gasteiger partial charge in [-0.2, -0.15) is 0 Å². The van der Waals surface area contributed by atoms with Crippen molar-refractivity contribution in [3.63, 3.8) is 0 Å². The first-order chi connectivity index (χ1) is 8.85. The molecule has 0 heterocycles.